The van der Waals surface area contributed by atoms with E-state index in [0.29, 0.717) is 5.69 Å². The van der Waals surface area contributed by atoms with Crippen molar-refractivity contribution in [3.05, 3.63) is 58.4 Å². The number of nitro benzene ring substituents is 1. The number of urea groups is 1. The van der Waals surface area contributed by atoms with E-state index in [1.54, 1.807) is 10.6 Å². The van der Waals surface area contributed by atoms with Gasteiger partial charge in [-0.15, -0.1) is 0 Å². The molecule has 0 unspecified atom stereocenters. The van der Waals surface area contributed by atoms with Gasteiger partial charge < -0.3 is 9.88 Å². The molecule has 0 radical (unpaired) electrons. The van der Waals surface area contributed by atoms with Crippen molar-refractivity contribution in [3.63, 3.8) is 0 Å². The van der Waals surface area contributed by atoms with E-state index in [0.717, 1.165) is 5.69 Å². The molecule has 1 aromatic carbocycles. The maximum absolute atomic E-state index is 11.7. The van der Waals surface area contributed by atoms with Gasteiger partial charge in [0, 0.05) is 36.8 Å². The van der Waals surface area contributed by atoms with Crippen LogP contribution in [-0.2, 0) is 18.3 Å². The number of nitrogens with one attached hydrogen (secondary N) is 3. The summed E-state index contributed by atoms with van der Waals surface area (Å²) in [5.74, 6) is -0.370. The lowest BCUT2D eigenvalue weighted by Crippen LogP contribution is -2.44. The number of hydrogen-bond donors (Lipinski definition) is 3. The predicted molar refractivity (Wildman–Crippen MR) is 82.5 cm³/mol. The SMILES string of the molecule is Cn1cccc1CC(=O)NNC(=O)Nc1ccc([N+](=O)[O-])cc1. The molecule has 2 rings (SSSR count). The van der Waals surface area contributed by atoms with Crippen LogP contribution in [0.25, 0.3) is 0 Å². The van der Waals surface area contributed by atoms with Crippen LogP contribution in [0.15, 0.2) is 42.6 Å². The molecule has 1 heterocycles. The van der Waals surface area contributed by atoms with Crippen molar-refractivity contribution in [2.75, 3.05) is 5.32 Å². The first-order chi connectivity index (χ1) is 11.0. The molecule has 2 aromatic rings. The summed E-state index contributed by atoms with van der Waals surface area (Å²) < 4.78 is 1.80. The van der Waals surface area contributed by atoms with Crippen LogP contribution in [0.3, 0.4) is 0 Å². The van der Waals surface area contributed by atoms with Gasteiger partial charge in [-0.25, -0.2) is 10.2 Å². The van der Waals surface area contributed by atoms with Gasteiger partial charge in [-0.05, 0) is 24.3 Å². The molecule has 9 heteroatoms. The van der Waals surface area contributed by atoms with Crippen LogP contribution in [-0.4, -0.2) is 21.4 Å². The smallest absolute Gasteiger partial charge is 0.337 e. The monoisotopic (exact) mass is 317 g/mol. The molecule has 0 atom stereocenters. The Balaban J connectivity index is 1.79. The maximum Gasteiger partial charge on any atom is 0.337 e. The Morgan fingerprint density at radius 3 is 2.43 bits per heavy atom. The van der Waals surface area contributed by atoms with Crippen molar-refractivity contribution >= 4 is 23.3 Å². The summed E-state index contributed by atoms with van der Waals surface area (Å²) in [7, 11) is 1.82. The summed E-state index contributed by atoms with van der Waals surface area (Å²) >= 11 is 0. The third-order valence-corrected chi connectivity index (χ3v) is 3.04. The number of nitro groups is 1. The van der Waals surface area contributed by atoms with Crippen molar-refractivity contribution in [2.45, 2.75) is 6.42 Å². The molecule has 9 nitrogen and oxygen atoms in total. The minimum atomic E-state index is -0.654. The minimum Gasteiger partial charge on any atom is -0.354 e. The minimum absolute atomic E-state index is 0.0770. The van der Waals surface area contributed by atoms with E-state index in [1.807, 2.05) is 19.3 Å². The fourth-order valence-corrected chi connectivity index (χ4v) is 1.84. The summed E-state index contributed by atoms with van der Waals surface area (Å²) in [6.07, 6.45) is 1.94. The summed E-state index contributed by atoms with van der Waals surface area (Å²) in [4.78, 5) is 33.3. The number of amides is 3. The highest BCUT2D eigenvalue weighted by atomic mass is 16.6. The average Bonchev–Trinajstić information content (AvgIpc) is 2.91. The van der Waals surface area contributed by atoms with Crippen LogP contribution in [0, 0.1) is 10.1 Å². The fraction of sp³-hybridized carbons (Fsp3) is 0.143. The normalized spacial score (nSPS) is 9.96. The third kappa shape index (κ3) is 4.56. The van der Waals surface area contributed by atoms with Gasteiger partial charge in [0.2, 0.25) is 5.91 Å². The Hall–Kier alpha value is -3.36. The van der Waals surface area contributed by atoms with Crippen LogP contribution < -0.4 is 16.2 Å². The van der Waals surface area contributed by atoms with E-state index in [9.17, 15) is 19.7 Å². The fourth-order valence-electron chi connectivity index (χ4n) is 1.84. The van der Waals surface area contributed by atoms with Crippen LogP contribution in [0.1, 0.15) is 5.69 Å². The number of carbonyl (C=O) groups is 2. The molecule has 0 fully saturated rings. The number of benzene rings is 1. The number of non-ortho nitro benzene ring substituents is 1. The zero-order valence-electron chi connectivity index (χ0n) is 12.3. The van der Waals surface area contributed by atoms with Gasteiger partial charge >= 0.3 is 6.03 Å². The zero-order valence-corrected chi connectivity index (χ0v) is 12.3. The number of rotatable bonds is 4. The molecule has 0 spiro atoms. The van der Waals surface area contributed by atoms with Crippen LogP contribution in [0.4, 0.5) is 16.2 Å². The molecule has 0 aliphatic heterocycles. The van der Waals surface area contributed by atoms with E-state index in [4.69, 9.17) is 0 Å². The van der Waals surface area contributed by atoms with E-state index >= 15 is 0 Å². The predicted octanol–water partition coefficient (Wildman–Crippen LogP) is 1.33. The van der Waals surface area contributed by atoms with Gasteiger partial charge in [-0.3, -0.25) is 20.3 Å². The molecule has 3 amide bonds. The van der Waals surface area contributed by atoms with Crippen molar-refractivity contribution < 1.29 is 14.5 Å². The molecule has 0 aliphatic carbocycles. The van der Waals surface area contributed by atoms with E-state index < -0.39 is 11.0 Å². The molecular formula is C14H15N5O4. The Bertz CT molecular complexity index is 723. The van der Waals surface area contributed by atoms with Gasteiger partial charge in [0.15, 0.2) is 0 Å². The Labute approximate surface area is 131 Å². The standard InChI is InChI=1S/C14H15N5O4/c1-18-8-2-3-12(18)9-13(20)16-17-14(21)15-10-4-6-11(7-5-10)19(22)23/h2-8H,9H2,1H3,(H,16,20)(H2,15,17,21). The van der Waals surface area contributed by atoms with Crippen molar-refractivity contribution in [2.24, 2.45) is 7.05 Å². The maximum atomic E-state index is 11.7. The Morgan fingerprint density at radius 2 is 1.87 bits per heavy atom. The number of nitrogens with zero attached hydrogens (tertiary/aromatic N) is 2. The number of anilines is 1. The summed E-state index contributed by atoms with van der Waals surface area (Å²) in [6.45, 7) is 0. The first-order valence-corrected chi connectivity index (χ1v) is 6.66. The molecule has 120 valence electrons. The third-order valence-electron chi connectivity index (χ3n) is 3.04. The van der Waals surface area contributed by atoms with Crippen molar-refractivity contribution in [1.29, 1.82) is 0 Å². The van der Waals surface area contributed by atoms with E-state index in [2.05, 4.69) is 16.2 Å². The molecule has 23 heavy (non-hydrogen) atoms. The summed E-state index contributed by atoms with van der Waals surface area (Å²) in [5, 5.41) is 13.0. The highest BCUT2D eigenvalue weighted by Crippen LogP contribution is 2.14. The van der Waals surface area contributed by atoms with Gasteiger partial charge in [0.05, 0.1) is 11.3 Å². The molecule has 0 saturated heterocycles. The molecule has 0 aliphatic rings. The molecule has 0 bridgehead atoms. The van der Waals surface area contributed by atoms with E-state index in [-0.39, 0.29) is 18.0 Å². The van der Waals surface area contributed by atoms with Gasteiger partial charge in [0.25, 0.3) is 5.69 Å². The zero-order chi connectivity index (χ0) is 16.8. The van der Waals surface area contributed by atoms with Crippen LogP contribution >= 0.6 is 0 Å². The highest BCUT2D eigenvalue weighted by molar-refractivity contribution is 5.91. The van der Waals surface area contributed by atoms with Gasteiger partial charge in [0.1, 0.15) is 0 Å². The Kier molecular flexibility index (Phi) is 4.92. The van der Waals surface area contributed by atoms with Crippen molar-refractivity contribution in [1.82, 2.24) is 15.4 Å². The van der Waals surface area contributed by atoms with Gasteiger partial charge in [-0.2, -0.15) is 0 Å². The second kappa shape index (κ2) is 7.07. The molecule has 0 saturated carbocycles. The lowest BCUT2D eigenvalue weighted by molar-refractivity contribution is -0.384. The molecule has 3 N–H and O–H groups in total. The highest BCUT2D eigenvalue weighted by Gasteiger charge is 2.09. The number of hydrazine groups is 1. The number of aromatic nitrogens is 1. The summed E-state index contributed by atoms with van der Waals surface area (Å²) in [6, 6.07) is 8.28. The van der Waals surface area contributed by atoms with Crippen molar-refractivity contribution in [3.8, 4) is 0 Å². The lowest BCUT2D eigenvalue weighted by atomic mass is 10.3. The number of hydrogen-bond acceptors (Lipinski definition) is 4. The second-order valence-electron chi connectivity index (χ2n) is 4.72. The topological polar surface area (TPSA) is 118 Å². The quantitative estimate of drug-likeness (QED) is 0.582. The molecule has 1 aromatic heterocycles. The Morgan fingerprint density at radius 1 is 1.17 bits per heavy atom. The van der Waals surface area contributed by atoms with Crippen LogP contribution in [0.2, 0.25) is 0 Å². The molecular weight excluding hydrogens is 302 g/mol. The second-order valence-corrected chi connectivity index (χ2v) is 4.72. The number of carbonyl (C=O) groups excluding carboxylic acids is 2. The first kappa shape index (κ1) is 16.0. The lowest BCUT2D eigenvalue weighted by Gasteiger charge is -2.09. The first-order valence-electron chi connectivity index (χ1n) is 6.66. The van der Waals surface area contributed by atoms with Gasteiger partial charge in [-0.1, -0.05) is 0 Å². The van der Waals surface area contributed by atoms with E-state index in [1.165, 1.54) is 24.3 Å². The summed E-state index contributed by atoms with van der Waals surface area (Å²) in [5.41, 5.74) is 5.58. The number of aryl methyl sites for hydroxylation is 1. The van der Waals surface area contributed by atoms with Crippen LogP contribution in [0.5, 0.6) is 0 Å². The average molecular weight is 317 g/mol. The largest absolute Gasteiger partial charge is 0.354 e.